The summed E-state index contributed by atoms with van der Waals surface area (Å²) in [6, 6.07) is 0. The first-order chi connectivity index (χ1) is 6.06. The summed E-state index contributed by atoms with van der Waals surface area (Å²) < 4.78 is 0. The molecule has 0 atom stereocenters. The number of hydrogen-bond donors (Lipinski definition) is 2. The van der Waals surface area contributed by atoms with Gasteiger partial charge in [-0.1, -0.05) is 13.8 Å². The van der Waals surface area contributed by atoms with Gasteiger partial charge in [0, 0.05) is 13.3 Å². The number of nitrogens with zero attached hydrogens (tertiary/aromatic N) is 3. The number of guanidine groups is 1. The van der Waals surface area contributed by atoms with Gasteiger partial charge in [-0.2, -0.15) is 5.10 Å². The molecular weight excluding hydrogens is 174 g/mol. The summed E-state index contributed by atoms with van der Waals surface area (Å²) in [5.74, 6) is 0.281. The summed E-state index contributed by atoms with van der Waals surface area (Å²) in [5.41, 5.74) is 2.40. The lowest BCUT2D eigenvalue weighted by Crippen LogP contribution is -2.32. The first kappa shape index (κ1) is 11.3. The van der Waals surface area contributed by atoms with Crippen LogP contribution in [0.15, 0.2) is 10.2 Å². The van der Waals surface area contributed by atoms with Crippen molar-refractivity contribution < 1.29 is 5.03 Å². The van der Waals surface area contributed by atoms with Crippen LogP contribution in [0.4, 0.5) is 0 Å². The van der Waals surface area contributed by atoms with Crippen molar-refractivity contribution in [2.24, 2.45) is 16.1 Å². The minimum absolute atomic E-state index is 0.00176. The number of nitrogens with one attached hydrogen (secondary N) is 2. The van der Waals surface area contributed by atoms with Gasteiger partial charge in [0.2, 0.25) is 0 Å². The van der Waals surface area contributed by atoms with Crippen LogP contribution in [0.2, 0.25) is 0 Å². The Morgan fingerprint density at radius 2 is 2.23 bits per heavy atom. The largest absolute Gasteiger partial charge is 0.353 e. The summed E-state index contributed by atoms with van der Waals surface area (Å²) in [6.07, 6.45) is 1.62. The number of hydrogen-bond acceptors (Lipinski definition) is 3. The molecule has 0 aromatic carbocycles. The van der Waals surface area contributed by atoms with Gasteiger partial charge in [0.25, 0.3) is 5.96 Å². The third kappa shape index (κ3) is 6.73. The molecule has 13 heavy (non-hydrogen) atoms. The third-order valence-corrected chi connectivity index (χ3v) is 0.962. The van der Waals surface area contributed by atoms with Gasteiger partial charge in [-0.25, -0.2) is 15.5 Å². The predicted molar refractivity (Wildman–Crippen MR) is 50.0 cm³/mol. The van der Waals surface area contributed by atoms with E-state index in [0.29, 0.717) is 0 Å². The van der Waals surface area contributed by atoms with E-state index in [1.165, 1.54) is 7.05 Å². The molecule has 0 radical (unpaired) electrons. The first-order valence-corrected chi connectivity index (χ1v) is 3.76. The molecule has 0 aliphatic heterocycles. The molecule has 74 valence electrons. The molecule has 0 bridgehead atoms. The zero-order valence-electron chi connectivity index (χ0n) is 7.81. The SMILES string of the molecule is CNC(=N[N+](=O)[O-])NN=CC(C)C. The third-order valence-electron chi connectivity index (χ3n) is 0.962. The maximum atomic E-state index is 9.95. The lowest BCUT2D eigenvalue weighted by atomic mass is 10.3. The minimum atomic E-state index is -0.802. The highest BCUT2D eigenvalue weighted by Crippen LogP contribution is 1.83. The zero-order valence-corrected chi connectivity index (χ0v) is 7.81. The molecule has 0 amide bonds. The highest BCUT2D eigenvalue weighted by atomic mass is 16.7. The van der Waals surface area contributed by atoms with E-state index >= 15 is 0 Å². The summed E-state index contributed by atoms with van der Waals surface area (Å²) in [7, 11) is 1.51. The second-order valence-electron chi connectivity index (χ2n) is 2.57. The molecule has 0 fully saturated rings. The number of rotatable bonds is 3. The van der Waals surface area contributed by atoms with Gasteiger partial charge in [-0.15, -0.1) is 0 Å². The Kier molecular flexibility index (Phi) is 5.17. The van der Waals surface area contributed by atoms with Gasteiger partial charge in [0.15, 0.2) is 5.03 Å². The molecule has 0 heterocycles. The molecule has 2 N–H and O–H groups in total. The average Bonchev–Trinajstić information content (AvgIpc) is 2.01. The Morgan fingerprint density at radius 1 is 1.62 bits per heavy atom. The molecular formula is C6H13N5O2. The van der Waals surface area contributed by atoms with Gasteiger partial charge >= 0.3 is 0 Å². The summed E-state index contributed by atoms with van der Waals surface area (Å²) in [4.78, 5) is 9.95. The van der Waals surface area contributed by atoms with E-state index in [9.17, 15) is 10.1 Å². The van der Waals surface area contributed by atoms with E-state index in [4.69, 9.17) is 0 Å². The molecule has 0 aliphatic carbocycles. The quantitative estimate of drug-likeness (QED) is 0.281. The summed E-state index contributed by atoms with van der Waals surface area (Å²) >= 11 is 0. The maximum Gasteiger partial charge on any atom is 0.288 e. The van der Waals surface area contributed by atoms with Gasteiger partial charge in [0.05, 0.1) is 0 Å². The van der Waals surface area contributed by atoms with Crippen molar-refractivity contribution >= 4 is 12.2 Å². The standard InChI is InChI=1S/C6H13N5O2/c1-5(2)4-8-9-6(7-3)10-11(12)13/h4-5H,1-3H3,(H2,7,9,10). The molecule has 0 saturated carbocycles. The summed E-state index contributed by atoms with van der Waals surface area (Å²) in [5, 5.41) is 18.4. The van der Waals surface area contributed by atoms with Gasteiger partial charge in [-0.3, -0.25) is 0 Å². The molecule has 0 spiro atoms. The van der Waals surface area contributed by atoms with Crippen LogP contribution in [0.3, 0.4) is 0 Å². The van der Waals surface area contributed by atoms with Crippen molar-refractivity contribution in [3.63, 3.8) is 0 Å². The van der Waals surface area contributed by atoms with Crippen LogP contribution in [0.5, 0.6) is 0 Å². The van der Waals surface area contributed by atoms with Crippen molar-refractivity contribution in [1.82, 2.24) is 10.7 Å². The highest BCUT2D eigenvalue weighted by Gasteiger charge is 1.98. The van der Waals surface area contributed by atoms with Gasteiger partial charge < -0.3 is 5.32 Å². The van der Waals surface area contributed by atoms with Crippen LogP contribution in [0.25, 0.3) is 0 Å². The fourth-order valence-corrected chi connectivity index (χ4v) is 0.457. The van der Waals surface area contributed by atoms with Crippen molar-refractivity contribution in [2.75, 3.05) is 7.05 Å². The van der Waals surface area contributed by atoms with E-state index < -0.39 is 5.03 Å². The average molecular weight is 187 g/mol. The fraction of sp³-hybridized carbons (Fsp3) is 0.667. The fourth-order valence-electron chi connectivity index (χ4n) is 0.457. The highest BCUT2D eigenvalue weighted by molar-refractivity contribution is 5.79. The predicted octanol–water partition coefficient (Wildman–Crippen LogP) is -0.0151. The van der Waals surface area contributed by atoms with E-state index in [1.807, 2.05) is 13.8 Å². The first-order valence-electron chi connectivity index (χ1n) is 3.76. The topological polar surface area (TPSA) is 91.9 Å². The molecule has 0 aromatic heterocycles. The molecule has 0 saturated heterocycles. The van der Waals surface area contributed by atoms with Crippen molar-refractivity contribution in [3.8, 4) is 0 Å². The molecule has 0 unspecified atom stereocenters. The Morgan fingerprint density at radius 3 is 2.62 bits per heavy atom. The summed E-state index contributed by atoms with van der Waals surface area (Å²) in [6.45, 7) is 3.88. The zero-order chi connectivity index (χ0) is 10.3. The van der Waals surface area contributed by atoms with E-state index in [1.54, 1.807) is 6.21 Å². The molecule has 0 aromatic rings. The second kappa shape index (κ2) is 5.92. The lowest BCUT2D eigenvalue weighted by molar-refractivity contribution is -0.485. The van der Waals surface area contributed by atoms with Crippen LogP contribution in [0.1, 0.15) is 13.8 Å². The van der Waals surface area contributed by atoms with Crippen LogP contribution in [0, 0.1) is 16.0 Å². The molecule has 7 heteroatoms. The van der Waals surface area contributed by atoms with E-state index in [0.717, 1.165) is 0 Å². The van der Waals surface area contributed by atoms with Crippen molar-refractivity contribution in [3.05, 3.63) is 10.1 Å². The smallest absolute Gasteiger partial charge is 0.288 e. The van der Waals surface area contributed by atoms with E-state index in [2.05, 4.69) is 20.9 Å². The lowest BCUT2D eigenvalue weighted by Gasteiger charge is -1.99. The normalized spacial score (nSPS) is 12.2. The number of hydrazone groups is 2. The second-order valence-corrected chi connectivity index (χ2v) is 2.57. The van der Waals surface area contributed by atoms with Crippen LogP contribution < -0.4 is 10.7 Å². The number of nitro groups is 1. The molecule has 7 nitrogen and oxygen atoms in total. The van der Waals surface area contributed by atoms with Crippen LogP contribution >= 0.6 is 0 Å². The van der Waals surface area contributed by atoms with Gasteiger partial charge in [0.1, 0.15) is 5.10 Å². The van der Waals surface area contributed by atoms with E-state index in [-0.39, 0.29) is 11.9 Å². The Balaban J connectivity index is 4.07. The Bertz CT molecular complexity index is 223. The van der Waals surface area contributed by atoms with Crippen molar-refractivity contribution in [1.29, 1.82) is 0 Å². The molecule has 0 rings (SSSR count). The monoisotopic (exact) mass is 187 g/mol. The molecule has 0 aliphatic rings. The minimum Gasteiger partial charge on any atom is -0.353 e. The Labute approximate surface area is 76.0 Å². The van der Waals surface area contributed by atoms with Crippen LogP contribution in [-0.4, -0.2) is 24.3 Å². The van der Waals surface area contributed by atoms with Gasteiger partial charge in [-0.05, 0) is 5.92 Å². The Hall–Kier alpha value is -1.66. The van der Waals surface area contributed by atoms with Crippen molar-refractivity contribution in [2.45, 2.75) is 13.8 Å². The maximum absolute atomic E-state index is 9.95. The van der Waals surface area contributed by atoms with Crippen LogP contribution in [-0.2, 0) is 0 Å².